The van der Waals surface area contributed by atoms with Crippen molar-refractivity contribution in [1.82, 2.24) is 0 Å². The molecule has 0 heterocycles. The van der Waals surface area contributed by atoms with E-state index in [9.17, 15) is 19.5 Å². The average Bonchev–Trinajstić information content (AvgIpc) is 2.63. The standard InChI is InChI=1S/C19H34O7/c1-5-8-10-24-17(21)12-16(19(23)25-11-9-6-2)14(4)18(22)26-13-15(20)7-3/h14-16,20H,5-13H2,1-4H3. The Hall–Kier alpha value is -1.63. The van der Waals surface area contributed by atoms with Crippen molar-refractivity contribution in [2.45, 2.75) is 72.3 Å². The maximum atomic E-state index is 12.3. The lowest BCUT2D eigenvalue weighted by Crippen LogP contribution is -2.34. The molecule has 7 heteroatoms. The van der Waals surface area contributed by atoms with E-state index in [1.165, 1.54) is 6.92 Å². The molecule has 0 aromatic heterocycles. The Morgan fingerprint density at radius 2 is 1.46 bits per heavy atom. The summed E-state index contributed by atoms with van der Waals surface area (Å²) in [6, 6.07) is 0. The fourth-order valence-electron chi connectivity index (χ4n) is 2.05. The fraction of sp³-hybridized carbons (Fsp3) is 0.842. The Morgan fingerprint density at radius 3 is 2.00 bits per heavy atom. The van der Waals surface area contributed by atoms with E-state index < -0.39 is 35.8 Å². The van der Waals surface area contributed by atoms with Crippen LogP contribution in [-0.2, 0) is 28.6 Å². The largest absolute Gasteiger partial charge is 0.466 e. The number of aliphatic hydroxyl groups excluding tert-OH is 1. The first-order valence-electron chi connectivity index (χ1n) is 9.54. The first kappa shape index (κ1) is 24.4. The fourth-order valence-corrected chi connectivity index (χ4v) is 2.05. The van der Waals surface area contributed by atoms with Crippen molar-refractivity contribution in [3.05, 3.63) is 0 Å². The molecule has 0 fully saturated rings. The van der Waals surface area contributed by atoms with Crippen LogP contribution in [0.1, 0.15) is 66.2 Å². The van der Waals surface area contributed by atoms with Crippen LogP contribution in [0.5, 0.6) is 0 Å². The van der Waals surface area contributed by atoms with Crippen molar-refractivity contribution in [3.63, 3.8) is 0 Å². The van der Waals surface area contributed by atoms with Gasteiger partial charge >= 0.3 is 17.9 Å². The van der Waals surface area contributed by atoms with Crippen LogP contribution < -0.4 is 0 Å². The summed E-state index contributed by atoms with van der Waals surface area (Å²) < 4.78 is 15.3. The Morgan fingerprint density at radius 1 is 0.885 bits per heavy atom. The van der Waals surface area contributed by atoms with Gasteiger partial charge in [0, 0.05) is 0 Å². The van der Waals surface area contributed by atoms with Gasteiger partial charge in [0.05, 0.1) is 37.6 Å². The molecule has 3 atom stereocenters. The number of rotatable bonds is 14. The van der Waals surface area contributed by atoms with Gasteiger partial charge in [-0.2, -0.15) is 0 Å². The first-order chi connectivity index (χ1) is 12.4. The maximum absolute atomic E-state index is 12.3. The second-order valence-electron chi connectivity index (χ2n) is 6.39. The molecule has 0 saturated carbocycles. The molecule has 0 aromatic carbocycles. The number of hydrogen-bond acceptors (Lipinski definition) is 7. The lowest BCUT2D eigenvalue weighted by molar-refractivity contribution is -0.165. The number of carbonyl (C=O) groups is 3. The Bertz CT molecular complexity index is 422. The van der Waals surface area contributed by atoms with Crippen LogP contribution in [0.2, 0.25) is 0 Å². The molecule has 0 aliphatic carbocycles. The highest BCUT2D eigenvalue weighted by Gasteiger charge is 2.35. The molecule has 0 spiro atoms. The molecule has 0 amide bonds. The molecule has 0 aromatic rings. The Balaban J connectivity index is 4.84. The molecule has 0 aliphatic heterocycles. The van der Waals surface area contributed by atoms with Gasteiger partial charge in [-0.05, 0) is 19.3 Å². The summed E-state index contributed by atoms with van der Waals surface area (Å²) >= 11 is 0. The van der Waals surface area contributed by atoms with Crippen LogP contribution in [0.4, 0.5) is 0 Å². The number of aliphatic hydroxyl groups is 1. The molecule has 0 aliphatic rings. The summed E-state index contributed by atoms with van der Waals surface area (Å²) in [4.78, 5) is 36.5. The summed E-state index contributed by atoms with van der Waals surface area (Å²) in [7, 11) is 0. The smallest absolute Gasteiger partial charge is 0.310 e. The van der Waals surface area contributed by atoms with Gasteiger partial charge in [0.25, 0.3) is 0 Å². The summed E-state index contributed by atoms with van der Waals surface area (Å²) in [6.45, 7) is 7.62. The van der Waals surface area contributed by atoms with Crippen LogP contribution in [0, 0.1) is 11.8 Å². The second kappa shape index (κ2) is 14.5. The third kappa shape index (κ3) is 10.4. The lowest BCUT2D eigenvalue weighted by Gasteiger charge is -2.21. The molecule has 0 saturated heterocycles. The van der Waals surface area contributed by atoms with E-state index in [2.05, 4.69) is 0 Å². The van der Waals surface area contributed by atoms with Gasteiger partial charge < -0.3 is 19.3 Å². The molecule has 152 valence electrons. The molecule has 0 rings (SSSR count). The van der Waals surface area contributed by atoms with Crippen LogP contribution in [0.3, 0.4) is 0 Å². The molecule has 26 heavy (non-hydrogen) atoms. The summed E-state index contributed by atoms with van der Waals surface area (Å²) in [5.41, 5.74) is 0. The first-order valence-corrected chi connectivity index (χ1v) is 9.54. The van der Waals surface area contributed by atoms with Crippen molar-refractivity contribution in [1.29, 1.82) is 0 Å². The van der Waals surface area contributed by atoms with E-state index in [-0.39, 0.29) is 26.2 Å². The van der Waals surface area contributed by atoms with Gasteiger partial charge in [-0.3, -0.25) is 14.4 Å². The molecular weight excluding hydrogens is 340 g/mol. The van der Waals surface area contributed by atoms with Crippen molar-refractivity contribution in [2.75, 3.05) is 19.8 Å². The van der Waals surface area contributed by atoms with Crippen LogP contribution in [0.15, 0.2) is 0 Å². The zero-order chi connectivity index (χ0) is 19.9. The van der Waals surface area contributed by atoms with Crippen LogP contribution in [0.25, 0.3) is 0 Å². The molecule has 1 N–H and O–H groups in total. The minimum Gasteiger partial charge on any atom is -0.466 e. The van der Waals surface area contributed by atoms with E-state index in [1.54, 1.807) is 6.92 Å². The van der Waals surface area contributed by atoms with Gasteiger partial charge in [0.1, 0.15) is 6.61 Å². The summed E-state index contributed by atoms with van der Waals surface area (Å²) in [5, 5.41) is 9.50. The molecular formula is C19H34O7. The van der Waals surface area contributed by atoms with Gasteiger partial charge in [-0.1, -0.05) is 40.5 Å². The maximum Gasteiger partial charge on any atom is 0.310 e. The van der Waals surface area contributed by atoms with Crippen LogP contribution >= 0.6 is 0 Å². The van der Waals surface area contributed by atoms with E-state index in [1.807, 2.05) is 13.8 Å². The highest BCUT2D eigenvalue weighted by Crippen LogP contribution is 2.21. The zero-order valence-electron chi connectivity index (χ0n) is 16.5. The number of ether oxygens (including phenoxy) is 3. The number of carbonyl (C=O) groups excluding carboxylic acids is 3. The predicted molar refractivity (Wildman–Crippen MR) is 96.3 cm³/mol. The molecule has 0 bridgehead atoms. The normalized spacial score (nSPS) is 14.2. The number of unbranched alkanes of at least 4 members (excludes halogenated alkanes) is 2. The minimum atomic E-state index is -0.966. The topological polar surface area (TPSA) is 99.1 Å². The third-order valence-electron chi connectivity index (χ3n) is 4.06. The van der Waals surface area contributed by atoms with Gasteiger partial charge in [-0.15, -0.1) is 0 Å². The van der Waals surface area contributed by atoms with Crippen molar-refractivity contribution >= 4 is 17.9 Å². The highest BCUT2D eigenvalue weighted by molar-refractivity contribution is 5.85. The number of hydrogen-bond donors (Lipinski definition) is 1. The second-order valence-corrected chi connectivity index (χ2v) is 6.39. The summed E-state index contributed by atoms with van der Waals surface area (Å²) in [6.07, 6.45) is 2.67. The monoisotopic (exact) mass is 374 g/mol. The van der Waals surface area contributed by atoms with Gasteiger partial charge in [0.2, 0.25) is 0 Å². The molecule has 0 radical (unpaired) electrons. The lowest BCUT2D eigenvalue weighted by atomic mass is 9.91. The molecule has 3 unspecified atom stereocenters. The zero-order valence-corrected chi connectivity index (χ0v) is 16.5. The minimum absolute atomic E-state index is 0.141. The Labute approximate surface area is 156 Å². The summed E-state index contributed by atoms with van der Waals surface area (Å²) in [5.74, 6) is -3.62. The van der Waals surface area contributed by atoms with Crippen molar-refractivity contribution in [2.24, 2.45) is 11.8 Å². The van der Waals surface area contributed by atoms with E-state index in [0.717, 1.165) is 19.3 Å². The van der Waals surface area contributed by atoms with Gasteiger partial charge in [-0.25, -0.2) is 0 Å². The predicted octanol–water partition coefficient (Wildman–Crippen LogP) is 2.63. The van der Waals surface area contributed by atoms with Gasteiger partial charge in [0.15, 0.2) is 0 Å². The SMILES string of the molecule is CCCCOC(=O)CC(C(=O)OCCCC)C(C)C(=O)OCC(O)CC. The van der Waals surface area contributed by atoms with E-state index >= 15 is 0 Å². The number of esters is 3. The third-order valence-corrected chi connectivity index (χ3v) is 4.06. The van der Waals surface area contributed by atoms with E-state index in [4.69, 9.17) is 14.2 Å². The van der Waals surface area contributed by atoms with Crippen molar-refractivity contribution < 1.29 is 33.7 Å². The molecule has 7 nitrogen and oxygen atoms in total. The average molecular weight is 374 g/mol. The quantitative estimate of drug-likeness (QED) is 0.283. The highest BCUT2D eigenvalue weighted by atomic mass is 16.5. The van der Waals surface area contributed by atoms with E-state index in [0.29, 0.717) is 12.8 Å². The van der Waals surface area contributed by atoms with Crippen LogP contribution in [-0.4, -0.2) is 48.9 Å². The van der Waals surface area contributed by atoms with Crippen molar-refractivity contribution in [3.8, 4) is 0 Å². The Kier molecular flexibility index (Phi) is 13.6.